The Labute approximate surface area is 193 Å². The molecule has 178 valence electrons. The summed E-state index contributed by atoms with van der Waals surface area (Å²) >= 11 is 0. The van der Waals surface area contributed by atoms with Gasteiger partial charge in [0.15, 0.2) is 0 Å². The Morgan fingerprint density at radius 2 is 1.97 bits per heavy atom. The van der Waals surface area contributed by atoms with Crippen LogP contribution in [0.15, 0.2) is 48.7 Å². The summed E-state index contributed by atoms with van der Waals surface area (Å²) in [5.41, 5.74) is -0.0744. The van der Waals surface area contributed by atoms with Crippen LogP contribution in [0.1, 0.15) is 16.1 Å². The Balaban J connectivity index is 1.22. The normalized spacial score (nSPS) is 24.0. The zero-order valence-corrected chi connectivity index (χ0v) is 18.7. The summed E-state index contributed by atoms with van der Waals surface area (Å²) in [6.45, 7) is 6.10. The van der Waals surface area contributed by atoms with Gasteiger partial charge in [0.1, 0.15) is 23.7 Å². The number of morpholine rings is 1. The lowest BCUT2D eigenvalue weighted by atomic mass is 10.0. The van der Waals surface area contributed by atoms with Crippen LogP contribution in [0.25, 0.3) is 0 Å². The number of aromatic nitrogens is 1. The van der Waals surface area contributed by atoms with Crippen LogP contribution in [-0.2, 0) is 11.3 Å². The highest BCUT2D eigenvalue weighted by Gasteiger charge is 2.44. The van der Waals surface area contributed by atoms with Gasteiger partial charge in [0.25, 0.3) is 5.91 Å². The maximum atomic E-state index is 12.2. The molecule has 2 aromatic rings. The molecule has 0 bridgehead atoms. The second kappa shape index (κ2) is 11.0. The molecule has 4 rings (SSSR count). The van der Waals surface area contributed by atoms with Gasteiger partial charge >= 0.3 is 0 Å². The minimum Gasteiger partial charge on any atom is -0.492 e. The van der Waals surface area contributed by atoms with Crippen molar-refractivity contribution < 1.29 is 24.5 Å². The van der Waals surface area contributed by atoms with Gasteiger partial charge in [0, 0.05) is 45.5 Å². The number of ether oxygens (including phenoxy) is 2. The van der Waals surface area contributed by atoms with E-state index in [2.05, 4.69) is 15.2 Å². The van der Waals surface area contributed by atoms with E-state index in [0.29, 0.717) is 19.7 Å². The number of rotatable bonds is 9. The van der Waals surface area contributed by atoms with Gasteiger partial charge in [-0.3, -0.25) is 19.6 Å². The van der Waals surface area contributed by atoms with Crippen molar-refractivity contribution in [2.24, 2.45) is 0 Å². The van der Waals surface area contributed by atoms with Crippen LogP contribution >= 0.6 is 0 Å². The number of benzene rings is 1. The van der Waals surface area contributed by atoms with Crippen LogP contribution in [0.5, 0.6) is 5.75 Å². The first-order valence-electron chi connectivity index (χ1n) is 11.4. The summed E-state index contributed by atoms with van der Waals surface area (Å²) in [5, 5.41) is 24.0. The van der Waals surface area contributed by atoms with Crippen LogP contribution in [0, 0.1) is 0 Å². The number of nitrogens with zero attached hydrogens (tertiary/aromatic N) is 3. The van der Waals surface area contributed by atoms with Crippen molar-refractivity contribution in [2.45, 2.75) is 18.2 Å². The highest BCUT2D eigenvalue weighted by atomic mass is 16.5. The Hall–Kier alpha value is -2.56. The van der Waals surface area contributed by atoms with Gasteiger partial charge in [-0.25, -0.2) is 0 Å². The molecule has 1 amide bonds. The lowest BCUT2D eigenvalue weighted by Crippen LogP contribution is -2.51. The third kappa shape index (κ3) is 6.49. The Kier molecular flexibility index (Phi) is 7.89. The van der Waals surface area contributed by atoms with Gasteiger partial charge in [-0.2, -0.15) is 0 Å². The van der Waals surface area contributed by atoms with Crippen molar-refractivity contribution in [2.75, 3.05) is 59.1 Å². The number of pyridine rings is 1. The Morgan fingerprint density at radius 3 is 2.70 bits per heavy atom. The van der Waals surface area contributed by atoms with E-state index in [0.717, 1.165) is 44.2 Å². The summed E-state index contributed by atoms with van der Waals surface area (Å²) < 4.78 is 11.2. The quantitative estimate of drug-likeness (QED) is 0.489. The zero-order valence-electron chi connectivity index (χ0n) is 18.7. The lowest BCUT2D eigenvalue weighted by Gasteiger charge is -2.26. The zero-order chi connectivity index (χ0) is 23.1. The molecule has 2 saturated heterocycles. The topological polar surface area (TPSA) is 107 Å². The molecule has 0 radical (unpaired) electrons. The standard InChI is InChI=1S/C24H32N4O5/c29-22-16-28(18-24(22,31)17-26-23(30)21-3-1-2-8-25-21)15-19-4-6-20(7-5-19)33-14-11-27-9-12-32-13-10-27/h1-8,22,29,31H,9-18H2,(H,26,30)/t22-,24+/m1/s1. The molecule has 1 aromatic carbocycles. The number of carbonyl (C=O) groups is 1. The second-order valence-electron chi connectivity index (χ2n) is 8.63. The third-order valence-corrected chi connectivity index (χ3v) is 6.11. The largest absolute Gasteiger partial charge is 0.492 e. The molecule has 1 aromatic heterocycles. The van der Waals surface area contributed by atoms with E-state index < -0.39 is 11.7 Å². The molecular weight excluding hydrogens is 424 g/mol. The average molecular weight is 457 g/mol. The van der Waals surface area contributed by atoms with Gasteiger partial charge in [-0.05, 0) is 29.8 Å². The first kappa shape index (κ1) is 23.6. The van der Waals surface area contributed by atoms with Gasteiger partial charge < -0.3 is 25.0 Å². The predicted molar refractivity (Wildman–Crippen MR) is 122 cm³/mol. The highest BCUT2D eigenvalue weighted by Crippen LogP contribution is 2.24. The van der Waals surface area contributed by atoms with E-state index in [1.54, 1.807) is 18.2 Å². The first-order valence-corrected chi connectivity index (χ1v) is 11.4. The summed E-state index contributed by atoms with van der Waals surface area (Å²) in [6, 6.07) is 12.9. The smallest absolute Gasteiger partial charge is 0.269 e. The number of carbonyl (C=O) groups excluding carboxylic acids is 1. The molecule has 9 nitrogen and oxygen atoms in total. The minimum atomic E-state index is -1.41. The van der Waals surface area contributed by atoms with Crippen molar-refractivity contribution in [3.8, 4) is 5.75 Å². The highest BCUT2D eigenvalue weighted by molar-refractivity contribution is 5.92. The maximum absolute atomic E-state index is 12.2. The Bertz CT molecular complexity index is 891. The summed E-state index contributed by atoms with van der Waals surface area (Å²) in [7, 11) is 0. The van der Waals surface area contributed by atoms with Gasteiger partial charge in [-0.1, -0.05) is 18.2 Å². The molecular formula is C24H32N4O5. The van der Waals surface area contributed by atoms with Crippen molar-refractivity contribution in [3.05, 3.63) is 59.9 Å². The second-order valence-corrected chi connectivity index (χ2v) is 8.63. The number of β-amino-alcohol motifs (C(OH)–C–C–N with tert-alkyl or cyclic N) is 2. The maximum Gasteiger partial charge on any atom is 0.269 e. The number of hydrogen-bond donors (Lipinski definition) is 3. The number of amides is 1. The molecule has 0 spiro atoms. The number of aliphatic hydroxyl groups excluding tert-OH is 1. The fraction of sp³-hybridized carbons (Fsp3) is 0.500. The predicted octanol–water partition coefficient (Wildman–Crippen LogP) is 0.130. The van der Waals surface area contributed by atoms with E-state index in [1.807, 2.05) is 29.2 Å². The third-order valence-electron chi connectivity index (χ3n) is 6.11. The summed E-state index contributed by atoms with van der Waals surface area (Å²) in [5.74, 6) is 0.445. The minimum absolute atomic E-state index is 0.0456. The molecule has 9 heteroatoms. The van der Waals surface area contributed by atoms with Crippen molar-refractivity contribution in [3.63, 3.8) is 0 Å². The summed E-state index contributed by atoms with van der Waals surface area (Å²) in [4.78, 5) is 20.5. The molecule has 3 N–H and O–H groups in total. The van der Waals surface area contributed by atoms with Gasteiger partial charge in [-0.15, -0.1) is 0 Å². The fourth-order valence-electron chi connectivity index (χ4n) is 4.15. The molecule has 2 atom stereocenters. The van der Waals surface area contributed by atoms with Crippen molar-refractivity contribution in [1.82, 2.24) is 20.1 Å². The monoisotopic (exact) mass is 456 g/mol. The molecule has 2 aliphatic rings. The average Bonchev–Trinajstić information content (AvgIpc) is 3.13. The number of aliphatic hydroxyl groups is 2. The van der Waals surface area contributed by atoms with E-state index in [1.165, 1.54) is 6.20 Å². The van der Waals surface area contributed by atoms with Gasteiger partial charge in [0.2, 0.25) is 0 Å². The molecule has 2 aliphatic heterocycles. The van der Waals surface area contributed by atoms with E-state index in [-0.39, 0.29) is 24.7 Å². The number of hydrogen-bond acceptors (Lipinski definition) is 8. The molecule has 0 saturated carbocycles. The van der Waals surface area contributed by atoms with E-state index in [4.69, 9.17) is 9.47 Å². The molecule has 0 unspecified atom stereocenters. The Morgan fingerprint density at radius 1 is 1.18 bits per heavy atom. The van der Waals surface area contributed by atoms with Crippen molar-refractivity contribution in [1.29, 1.82) is 0 Å². The van der Waals surface area contributed by atoms with Crippen LogP contribution in [0.2, 0.25) is 0 Å². The molecule has 33 heavy (non-hydrogen) atoms. The van der Waals surface area contributed by atoms with Crippen molar-refractivity contribution >= 4 is 5.91 Å². The SMILES string of the molecule is O=C(NC[C@]1(O)CN(Cc2ccc(OCCN3CCOCC3)cc2)C[C@H]1O)c1ccccn1. The molecule has 0 aliphatic carbocycles. The van der Waals surface area contributed by atoms with Crippen LogP contribution in [0.3, 0.4) is 0 Å². The first-order chi connectivity index (χ1) is 16.0. The molecule has 3 heterocycles. The van der Waals surface area contributed by atoms with E-state index >= 15 is 0 Å². The molecule has 2 fully saturated rings. The summed E-state index contributed by atoms with van der Waals surface area (Å²) in [6.07, 6.45) is 0.584. The van der Waals surface area contributed by atoms with Gasteiger partial charge in [0.05, 0.1) is 25.9 Å². The fourth-order valence-corrected chi connectivity index (χ4v) is 4.15. The van der Waals surface area contributed by atoms with E-state index in [9.17, 15) is 15.0 Å². The van der Waals surface area contributed by atoms with Crippen LogP contribution in [0.4, 0.5) is 0 Å². The van der Waals surface area contributed by atoms with Crippen LogP contribution < -0.4 is 10.1 Å². The number of likely N-dealkylation sites (tertiary alicyclic amines) is 1. The number of nitrogens with one attached hydrogen (secondary N) is 1. The lowest BCUT2D eigenvalue weighted by molar-refractivity contribution is -0.0377. The van der Waals surface area contributed by atoms with Crippen LogP contribution in [-0.4, -0.2) is 102 Å².